The number of nitrogens with zero attached hydrogens (tertiary/aromatic N) is 1. The highest BCUT2D eigenvalue weighted by Crippen LogP contribution is 2.27. The number of H-pyrrole nitrogens is 1. The largest absolute Gasteiger partial charge is 0.400 e. The first-order valence-corrected chi connectivity index (χ1v) is 8.79. The molecule has 1 heterocycles. The minimum absolute atomic E-state index is 0.603. The Kier molecular flexibility index (Phi) is 22.0. The molecule has 2 aromatic rings. The van der Waals surface area contributed by atoms with Gasteiger partial charge in [-0.1, -0.05) is 40.3 Å². The molecular formula is C22H35N3O. The van der Waals surface area contributed by atoms with E-state index >= 15 is 0 Å². The van der Waals surface area contributed by atoms with E-state index in [1.807, 2.05) is 20.9 Å². The Balaban J connectivity index is -0.000000451. The van der Waals surface area contributed by atoms with Gasteiger partial charge in [-0.3, -0.25) is 0 Å². The Morgan fingerprint density at radius 2 is 1.77 bits per heavy atom. The molecule has 4 nitrogen and oxygen atoms in total. The van der Waals surface area contributed by atoms with E-state index in [4.69, 9.17) is 10.4 Å². The smallest absolute Gasteiger partial charge is 0.101 e. The van der Waals surface area contributed by atoms with Crippen LogP contribution in [-0.2, 0) is 0 Å². The molecule has 1 aromatic carbocycles. The van der Waals surface area contributed by atoms with Crippen molar-refractivity contribution in [2.45, 2.75) is 46.5 Å². The number of rotatable bonds is 4. The fourth-order valence-electron chi connectivity index (χ4n) is 2.24. The minimum atomic E-state index is 0.603. The molecule has 0 atom stereocenters. The maximum absolute atomic E-state index is 9.00. The van der Waals surface area contributed by atoms with Crippen LogP contribution in [0.5, 0.6) is 0 Å². The predicted molar refractivity (Wildman–Crippen MR) is 115 cm³/mol. The molecule has 144 valence electrons. The summed E-state index contributed by atoms with van der Waals surface area (Å²) in [5.74, 6) is 0.603. The molecule has 3 N–H and O–H groups in total. The van der Waals surface area contributed by atoms with Crippen LogP contribution >= 0.6 is 0 Å². The monoisotopic (exact) mass is 357 g/mol. The van der Waals surface area contributed by atoms with Gasteiger partial charge < -0.3 is 15.4 Å². The number of hydrogen-bond donors (Lipinski definition) is 3. The van der Waals surface area contributed by atoms with Crippen LogP contribution in [0.1, 0.15) is 57.6 Å². The average molecular weight is 358 g/mol. The minimum Gasteiger partial charge on any atom is -0.400 e. The third-order valence-corrected chi connectivity index (χ3v) is 3.49. The molecular weight excluding hydrogens is 322 g/mol. The van der Waals surface area contributed by atoms with Gasteiger partial charge in [0.25, 0.3) is 0 Å². The molecule has 0 unspecified atom stereocenters. The summed E-state index contributed by atoms with van der Waals surface area (Å²) in [5, 5.41) is 19.7. The Bertz CT molecular complexity index is 632. The highest BCUT2D eigenvalue weighted by Gasteiger charge is 2.09. The Morgan fingerprint density at radius 3 is 2.15 bits per heavy atom. The zero-order chi connectivity index (χ0) is 21.0. The molecule has 0 aliphatic carbocycles. The molecule has 2 rings (SSSR count). The summed E-state index contributed by atoms with van der Waals surface area (Å²) < 4.78 is 0. The second kappa shape index (κ2) is 20.4. The number of hydrogen-bond acceptors (Lipinski definition) is 3. The predicted octanol–water partition coefficient (Wildman–Crippen LogP) is 5.18. The van der Waals surface area contributed by atoms with E-state index in [0.29, 0.717) is 5.92 Å². The van der Waals surface area contributed by atoms with Crippen LogP contribution in [0.4, 0.5) is 0 Å². The van der Waals surface area contributed by atoms with E-state index in [-0.39, 0.29) is 0 Å². The van der Waals surface area contributed by atoms with Gasteiger partial charge in [-0.15, -0.1) is 12.8 Å². The van der Waals surface area contributed by atoms with Crippen molar-refractivity contribution >= 4 is 10.9 Å². The topological polar surface area (TPSA) is 71.8 Å². The zero-order valence-electron chi connectivity index (χ0n) is 17.1. The summed E-state index contributed by atoms with van der Waals surface area (Å²) >= 11 is 0. The normalized spacial score (nSPS) is 8.04. The Morgan fingerprint density at radius 1 is 1.27 bits per heavy atom. The highest BCUT2D eigenvalue weighted by molar-refractivity contribution is 5.86. The summed E-state index contributed by atoms with van der Waals surface area (Å²) in [6.45, 7) is 11.8. The first kappa shape index (κ1) is 28.1. The van der Waals surface area contributed by atoms with Gasteiger partial charge in [0, 0.05) is 31.3 Å². The molecule has 0 bridgehead atoms. The van der Waals surface area contributed by atoms with Crippen LogP contribution in [-0.4, -0.2) is 24.2 Å². The maximum Gasteiger partial charge on any atom is 0.101 e. The van der Waals surface area contributed by atoms with Crippen molar-refractivity contribution in [3.8, 4) is 18.9 Å². The summed E-state index contributed by atoms with van der Waals surface area (Å²) in [7, 11) is 2.81. The van der Waals surface area contributed by atoms with Crippen LogP contribution in [0, 0.1) is 24.2 Å². The van der Waals surface area contributed by atoms with E-state index < -0.39 is 0 Å². The summed E-state index contributed by atoms with van der Waals surface area (Å²) in [6.07, 6.45) is 13.7. The number of benzene rings is 1. The van der Waals surface area contributed by atoms with E-state index in [1.165, 1.54) is 5.56 Å². The Hall–Kier alpha value is -2.69. The number of aromatic amines is 1. The van der Waals surface area contributed by atoms with Crippen LogP contribution in [0.15, 0.2) is 37.2 Å². The lowest BCUT2D eigenvalue weighted by molar-refractivity contribution is 0.399. The van der Waals surface area contributed by atoms with Crippen LogP contribution in [0.2, 0.25) is 0 Å². The van der Waals surface area contributed by atoms with Crippen LogP contribution in [0.25, 0.3) is 10.9 Å². The fraction of sp³-hybridized carbons (Fsp3) is 0.409. The number of nitriles is 1. The number of aliphatic hydroxyl groups is 1. The van der Waals surface area contributed by atoms with E-state index in [2.05, 4.69) is 67.8 Å². The van der Waals surface area contributed by atoms with Crippen molar-refractivity contribution in [1.82, 2.24) is 10.3 Å². The lowest BCUT2D eigenvalue weighted by atomic mass is 9.93. The second-order valence-electron chi connectivity index (χ2n) is 4.63. The van der Waals surface area contributed by atoms with Gasteiger partial charge in [0.1, 0.15) is 6.07 Å². The number of terminal acetylenes is 1. The number of aliphatic hydroxyl groups excluding tert-OH is 1. The maximum atomic E-state index is 9.00. The van der Waals surface area contributed by atoms with Gasteiger partial charge >= 0.3 is 0 Å². The molecule has 0 aliphatic heterocycles. The first-order valence-electron chi connectivity index (χ1n) is 8.79. The quantitative estimate of drug-likeness (QED) is 0.660. The standard InChI is InChI=1S/C14H16N2.C3H7N.C2H6.C2H2.CH4O/c1-3-10(4-2)11-5-6-14-13(7-11)12(8-15)9-16-14;1-3-4-2;3*1-2/h5-7,9-10,16H,3-4H2,1-2H3;3-4H,1H2,2H3;1-2H3;1-2H;2H,1H3. The van der Waals surface area contributed by atoms with Gasteiger partial charge in [-0.25, -0.2) is 0 Å². The van der Waals surface area contributed by atoms with Gasteiger partial charge in [-0.2, -0.15) is 5.26 Å². The van der Waals surface area contributed by atoms with E-state index in [9.17, 15) is 0 Å². The van der Waals surface area contributed by atoms with Crippen molar-refractivity contribution in [2.24, 2.45) is 0 Å². The summed E-state index contributed by atoms with van der Waals surface area (Å²) in [4.78, 5) is 3.12. The summed E-state index contributed by atoms with van der Waals surface area (Å²) in [6, 6.07) is 8.61. The van der Waals surface area contributed by atoms with Crippen LogP contribution < -0.4 is 5.32 Å². The average Bonchev–Trinajstić information content (AvgIpc) is 3.16. The third kappa shape index (κ3) is 9.57. The third-order valence-electron chi connectivity index (χ3n) is 3.49. The number of nitrogens with one attached hydrogen (secondary N) is 2. The molecule has 0 aliphatic rings. The molecule has 0 radical (unpaired) electrons. The van der Waals surface area contributed by atoms with Crippen molar-refractivity contribution in [3.63, 3.8) is 0 Å². The highest BCUT2D eigenvalue weighted by atomic mass is 16.2. The second-order valence-corrected chi connectivity index (χ2v) is 4.63. The molecule has 0 spiro atoms. The first-order chi connectivity index (χ1) is 12.7. The van der Waals surface area contributed by atoms with Crippen LogP contribution in [0.3, 0.4) is 0 Å². The van der Waals surface area contributed by atoms with Gasteiger partial charge in [0.05, 0.1) is 5.56 Å². The number of aromatic nitrogens is 1. The molecule has 0 saturated carbocycles. The van der Waals surface area contributed by atoms with E-state index in [1.54, 1.807) is 12.4 Å². The lowest BCUT2D eigenvalue weighted by Crippen LogP contribution is -1.94. The zero-order valence-corrected chi connectivity index (χ0v) is 17.1. The Labute approximate surface area is 160 Å². The molecule has 26 heavy (non-hydrogen) atoms. The number of fused-ring (bicyclic) bond motifs is 1. The molecule has 0 amide bonds. The summed E-state index contributed by atoms with van der Waals surface area (Å²) in [5.41, 5.74) is 3.13. The molecule has 0 fully saturated rings. The van der Waals surface area contributed by atoms with Gasteiger partial charge in [-0.05, 0) is 42.7 Å². The van der Waals surface area contributed by atoms with Gasteiger partial charge in [0.2, 0.25) is 0 Å². The van der Waals surface area contributed by atoms with Gasteiger partial charge in [0.15, 0.2) is 0 Å². The molecule has 0 saturated heterocycles. The van der Waals surface area contributed by atoms with Crippen molar-refractivity contribution < 1.29 is 5.11 Å². The lowest BCUT2D eigenvalue weighted by Gasteiger charge is -2.12. The fourth-order valence-corrected chi connectivity index (χ4v) is 2.24. The van der Waals surface area contributed by atoms with Crippen molar-refractivity contribution in [3.05, 3.63) is 48.3 Å². The van der Waals surface area contributed by atoms with Crippen molar-refractivity contribution in [1.29, 1.82) is 5.26 Å². The molecule has 1 aromatic heterocycles. The molecule has 4 heteroatoms. The SMILES string of the molecule is C#C.C=CNC.CC.CCC(CC)c1ccc2[nH]cc(C#N)c2c1.CO. The van der Waals surface area contributed by atoms with E-state index in [0.717, 1.165) is 36.4 Å². The van der Waals surface area contributed by atoms with Crippen molar-refractivity contribution in [2.75, 3.05) is 14.2 Å².